The summed E-state index contributed by atoms with van der Waals surface area (Å²) in [5.74, 6) is 2.72. The van der Waals surface area contributed by atoms with Gasteiger partial charge in [0.15, 0.2) is 0 Å². The molecule has 8 nitrogen and oxygen atoms in total. The zero-order valence-electron chi connectivity index (χ0n) is 22.0. The minimum atomic E-state index is -0.553. The van der Waals surface area contributed by atoms with Crippen LogP contribution in [0.2, 0.25) is 0 Å². The maximum atomic E-state index is 5.19. The van der Waals surface area contributed by atoms with Crippen LogP contribution in [0.15, 0.2) is 85.5 Å². The van der Waals surface area contributed by atoms with Crippen molar-refractivity contribution >= 4 is 0 Å². The zero-order valence-corrected chi connectivity index (χ0v) is 24.2. The predicted molar refractivity (Wildman–Crippen MR) is 144 cm³/mol. The van der Waals surface area contributed by atoms with E-state index in [2.05, 4.69) is 83.5 Å². The Bertz CT molecular complexity index is 1640. The molecule has 0 radical (unpaired) electrons. The Morgan fingerprint density at radius 2 is 0.974 bits per heavy atom. The number of aromatic nitrogens is 8. The van der Waals surface area contributed by atoms with Gasteiger partial charge in [-0.05, 0) is 52.0 Å². The Morgan fingerprint density at radius 3 is 1.36 bits per heavy atom. The largest absolute Gasteiger partial charge is 2.00 e. The van der Waals surface area contributed by atoms with Gasteiger partial charge in [0.2, 0.25) is 0 Å². The molecule has 6 aromatic rings. The van der Waals surface area contributed by atoms with Crippen molar-refractivity contribution < 1.29 is 21.1 Å². The van der Waals surface area contributed by atoms with Crippen molar-refractivity contribution in [2.24, 2.45) is 0 Å². The van der Waals surface area contributed by atoms with E-state index in [9.17, 15) is 0 Å². The summed E-state index contributed by atoms with van der Waals surface area (Å²) in [5, 5.41) is 0. The monoisotopic (exact) mass is 693 g/mol. The smallest absolute Gasteiger partial charge is 0.443 e. The number of fused-ring (bicyclic) bond motifs is 10. The first-order valence-corrected chi connectivity index (χ1v) is 12.6. The van der Waals surface area contributed by atoms with E-state index in [0.717, 1.165) is 45.8 Å². The van der Waals surface area contributed by atoms with Crippen LogP contribution in [0.4, 0.5) is 0 Å². The summed E-state index contributed by atoms with van der Waals surface area (Å²) in [7, 11) is 0. The summed E-state index contributed by atoms with van der Waals surface area (Å²) in [6, 6.07) is 20.5. The van der Waals surface area contributed by atoms with Crippen LogP contribution >= 0.6 is 0 Å². The molecular weight excluding hydrogens is 667 g/mol. The number of hydrogen-bond acceptors (Lipinski definition) is 4. The topological polar surface area (TPSA) is 89.6 Å². The van der Waals surface area contributed by atoms with E-state index < -0.39 is 10.8 Å². The third-order valence-electron chi connectivity index (χ3n) is 7.41. The fourth-order valence-electron chi connectivity index (χ4n) is 5.09. The average Bonchev–Trinajstić information content (AvgIpc) is 3.73. The molecule has 0 saturated carbocycles. The minimum absolute atomic E-state index is 0. The van der Waals surface area contributed by atoms with Crippen molar-refractivity contribution in [2.75, 3.05) is 0 Å². The molecule has 0 saturated heterocycles. The third-order valence-corrected chi connectivity index (χ3v) is 7.41. The molecule has 1 aliphatic heterocycles. The summed E-state index contributed by atoms with van der Waals surface area (Å²) < 4.78 is 4.26. The fraction of sp³-hybridized carbons (Fsp3) is 0.200. The second-order valence-corrected chi connectivity index (χ2v) is 10.7. The van der Waals surface area contributed by atoms with Crippen molar-refractivity contribution in [1.82, 2.24) is 39.0 Å². The van der Waals surface area contributed by atoms with E-state index in [-0.39, 0.29) is 21.1 Å². The van der Waals surface area contributed by atoms with E-state index in [4.69, 9.17) is 19.9 Å². The first-order valence-electron chi connectivity index (χ1n) is 12.6. The van der Waals surface area contributed by atoms with Crippen LogP contribution in [-0.2, 0) is 31.9 Å². The minimum Gasteiger partial charge on any atom is -0.443 e. The van der Waals surface area contributed by atoms with Gasteiger partial charge in [-0.3, -0.25) is 0 Å². The molecule has 0 amide bonds. The van der Waals surface area contributed by atoms with Crippen LogP contribution in [0.1, 0.15) is 50.7 Å². The molecule has 0 fully saturated rings. The van der Waals surface area contributed by atoms with Crippen molar-refractivity contribution in [3.8, 4) is 34.4 Å². The quantitative estimate of drug-likeness (QED) is 0.252. The number of hydrogen-bond donors (Lipinski definition) is 0. The molecule has 196 valence electrons. The number of imidazole rings is 4. The Labute approximate surface area is 240 Å². The van der Waals surface area contributed by atoms with Crippen LogP contribution in [0.25, 0.3) is 34.4 Å². The molecule has 0 aliphatic carbocycles. The predicted octanol–water partition coefficient (Wildman–Crippen LogP) is 5.06. The molecule has 1 aliphatic rings. The van der Waals surface area contributed by atoms with Gasteiger partial charge in [0.25, 0.3) is 0 Å². The van der Waals surface area contributed by atoms with Gasteiger partial charge >= 0.3 is 21.1 Å². The molecule has 0 spiro atoms. The van der Waals surface area contributed by atoms with Gasteiger partial charge in [0, 0.05) is 34.6 Å². The normalized spacial score (nSPS) is 14.9. The second kappa shape index (κ2) is 9.02. The van der Waals surface area contributed by atoms with Crippen LogP contribution in [0.3, 0.4) is 0 Å². The van der Waals surface area contributed by atoms with Gasteiger partial charge in [-0.1, -0.05) is 71.8 Å². The van der Waals surface area contributed by atoms with Gasteiger partial charge in [-0.2, -0.15) is 0 Å². The first-order chi connectivity index (χ1) is 18.3. The van der Waals surface area contributed by atoms with Crippen LogP contribution in [-0.4, -0.2) is 29.1 Å². The van der Waals surface area contributed by atoms with E-state index in [1.807, 2.05) is 48.8 Å². The van der Waals surface area contributed by atoms with Gasteiger partial charge in [-0.25, -0.2) is 9.97 Å². The van der Waals surface area contributed by atoms with Gasteiger partial charge in [-0.15, -0.1) is 0 Å². The third kappa shape index (κ3) is 3.93. The molecular formula is C30H26N8Pt. The molecule has 39 heavy (non-hydrogen) atoms. The number of nitrogens with zero attached hydrogens (tertiary/aromatic N) is 8. The standard InChI is InChI=1S/C30H26N8.Pt/c1-29(2)23-15-31-25(35-23)26-32-16-24(36-26)30(3,4)28-34-22(18-38(28)20-13-9-6-10-14-20)21-17-37(27(29)33-21)19-11-7-5-8-12-19;/h5-18H,1-4H3;/q-2;+2. The average molecular weight is 694 g/mol. The summed E-state index contributed by atoms with van der Waals surface area (Å²) in [6.07, 6.45) is 7.75. The Morgan fingerprint density at radius 1 is 0.590 bits per heavy atom. The maximum Gasteiger partial charge on any atom is 2.00 e. The van der Waals surface area contributed by atoms with Crippen molar-refractivity contribution in [3.05, 3.63) is 108 Å². The summed E-state index contributed by atoms with van der Waals surface area (Å²) in [4.78, 5) is 29.4. The molecule has 9 heteroatoms. The molecule has 0 unspecified atom stereocenters. The molecule has 5 heterocycles. The van der Waals surface area contributed by atoms with Crippen LogP contribution in [0, 0.1) is 0 Å². The van der Waals surface area contributed by atoms with Crippen molar-refractivity contribution in [3.63, 3.8) is 0 Å². The van der Waals surface area contributed by atoms with Crippen molar-refractivity contribution in [1.29, 1.82) is 0 Å². The SMILES string of the molecule is CC1(C)c2cnc([n-]2)-c2ncc([n-]2)C(C)(C)c2nc(cn2-c2ccccc2)-c2cn(-c3ccccc3)c1n2.[Pt+2]. The molecule has 8 bridgehead atoms. The Balaban J connectivity index is 0.00000277. The van der Waals surface area contributed by atoms with E-state index in [0.29, 0.717) is 11.6 Å². The van der Waals surface area contributed by atoms with E-state index >= 15 is 0 Å². The molecule has 7 rings (SSSR count). The Hall–Kier alpha value is -4.03. The summed E-state index contributed by atoms with van der Waals surface area (Å²) in [5.41, 5.74) is 4.12. The van der Waals surface area contributed by atoms with Crippen molar-refractivity contribution in [2.45, 2.75) is 38.5 Å². The number of para-hydroxylation sites is 2. The molecule has 2 aromatic carbocycles. The van der Waals surface area contributed by atoms with Gasteiger partial charge in [0.1, 0.15) is 23.0 Å². The first kappa shape index (κ1) is 25.3. The van der Waals surface area contributed by atoms with Gasteiger partial charge in [0.05, 0.1) is 0 Å². The zero-order chi connectivity index (χ0) is 26.1. The number of rotatable bonds is 2. The molecule has 0 atom stereocenters. The van der Waals surface area contributed by atoms with E-state index in [1.54, 1.807) is 0 Å². The Kier molecular flexibility index (Phi) is 5.84. The van der Waals surface area contributed by atoms with Gasteiger partial charge < -0.3 is 29.1 Å². The van der Waals surface area contributed by atoms with E-state index in [1.165, 1.54) is 0 Å². The molecule has 4 aromatic heterocycles. The second-order valence-electron chi connectivity index (χ2n) is 10.7. The maximum absolute atomic E-state index is 5.19. The summed E-state index contributed by atoms with van der Waals surface area (Å²) in [6.45, 7) is 8.47. The molecule has 0 N–H and O–H groups in total. The van der Waals surface area contributed by atoms with Crippen LogP contribution in [0.5, 0.6) is 0 Å². The summed E-state index contributed by atoms with van der Waals surface area (Å²) >= 11 is 0. The fourth-order valence-corrected chi connectivity index (χ4v) is 5.09. The van der Waals surface area contributed by atoms with Crippen LogP contribution < -0.4 is 9.97 Å². The number of benzene rings is 2.